The molecule has 0 saturated carbocycles. The molecule has 0 spiro atoms. The Morgan fingerprint density at radius 3 is 0.805 bits per heavy atom. The molecule has 28 heteroatoms. The number of hydrogen-bond donors (Lipinski definition) is 0. The molecule has 20 atom stereocenters. The van der Waals surface area contributed by atoms with Crippen LogP contribution in [-0.2, 0) is 0 Å². The monoisotopic (exact) mass is 1030 g/mol. The van der Waals surface area contributed by atoms with Crippen LogP contribution in [0.5, 0.6) is 0 Å². The summed E-state index contributed by atoms with van der Waals surface area (Å²) in [7, 11) is -1.94. The molecule has 0 aromatic rings. The summed E-state index contributed by atoms with van der Waals surface area (Å²) in [5.41, 5.74) is 1.56. The minimum atomic E-state index is -2.28. The Balaban J connectivity index is 1.64. The molecule has 0 aromatic carbocycles. The maximum Gasteiger partial charge on any atom is 0.127 e. The van der Waals surface area contributed by atoms with Crippen molar-refractivity contribution in [2.75, 3.05) is 0 Å². The number of halogens is 8. The normalized spacial score (nSPS) is 95.7. The van der Waals surface area contributed by atoms with Crippen molar-refractivity contribution in [2.24, 2.45) is 0 Å². The average molecular weight is 1040 g/mol. The smallest absolute Gasteiger partial charge is 0.127 e. The Hall–Kier alpha value is 6.66. The third kappa shape index (κ3) is 1.24. The highest BCUT2D eigenvalue weighted by Gasteiger charge is 3.37. The van der Waals surface area contributed by atoms with Crippen LogP contribution in [0.1, 0.15) is 0 Å². The van der Waals surface area contributed by atoms with Crippen molar-refractivity contribution in [2.45, 2.75) is 84.2 Å². The lowest BCUT2D eigenvalue weighted by atomic mass is 11.8. The van der Waals surface area contributed by atoms with Gasteiger partial charge in [0.05, 0.1) is 72.9 Å². The first kappa shape index (κ1) is 31.2. The molecule has 0 N–H and O–H groups in total. The van der Waals surface area contributed by atoms with Crippen LogP contribution in [0.15, 0.2) is 0 Å². The first-order valence-electron chi connectivity index (χ1n) is 15.5. The van der Waals surface area contributed by atoms with E-state index in [1.165, 1.54) is 0 Å². The molecule has 12 saturated heterocycles. The molecule has 0 aliphatic carbocycles. The molecule has 226 valence electrons. The van der Waals surface area contributed by atoms with Crippen molar-refractivity contribution >= 4 is 217 Å². The second kappa shape index (κ2) is 5.97. The highest BCUT2D eigenvalue weighted by molar-refractivity contribution is 8.96. The van der Waals surface area contributed by atoms with Crippen LogP contribution in [0.4, 0.5) is 0 Å². The zero-order valence-corrected chi connectivity index (χ0v) is 51.8. The van der Waals surface area contributed by atoms with Gasteiger partial charge in [0.15, 0.2) is 0 Å². The fraction of sp³-hybridized carbons (Fsp3) is 1.00. The van der Waals surface area contributed by atoms with E-state index in [-0.39, 0.29) is 0 Å². The van der Waals surface area contributed by atoms with E-state index in [2.05, 4.69) is 78.6 Å². The van der Waals surface area contributed by atoms with Crippen molar-refractivity contribution < 1.29 is 0 Å². The first-order valence-corrected chi connectivity index (χ1v) is 99.0. The minimum Gasteiger partial charge on any atom is -0.179 e. The Kier molecular flexibility index (Phi) is 4.54. The molecule has 12 aliphatic heterocycles. The van der Waals surface area contributed by atoms with E-state index in [4.69, 9.17) is 0 Å². The fourth-order valence-electron chi connectivity index (χ4n) is 23.0. The summed E-state index contributed by atoms with van der Waals surface area (Å²) in [6.07, 6.45) is -2.20. The third-order valence-corrected chi connectivity index (χ3v) is 1060. The van der Waals surface area contributed by atoms with Gasteiger partial charge in [0, 0.05) is 7.11 Å². The Morgan fingerprint density at radius 2 is 0.463 bits per heavy atom. The zero-order chi connectivity index (χ0) is 30.7. The lowest BCUT2D eigenvalue weighted by Crippen LogP contribution is -3.09. The van der Waals surface area contributed by atoms with E-state index >= 15 is 0 Å². The van der Waals surface area contributed by atoms with E-state index in [9.17, 15) is 88.6 Å². The van der Waals surface area contributed by atoms with Gasteiger partial charge in [-0.3, -0.25) is 0 Å². The molecule has 41 heavy (non-hydrogen) atoms. The molecular weight excluding hydrogens is 1000 g/mol. The summed E-state index contributed by atoms with van der Waals surface area (Å²) in [5, 5.41) is 0. The quantitative estimate of drug-likeness (QED) is 0.227. The molecule has 12 aliphatic rings. The van der Waals surface area contributed by atoms with E-state index in [1.54, 1.807) is 5.67 Å². The molecule has 10 unspecified atom stereocenters. The number of hydrogen-bond acceptors (Lipinski definition) is 0. The first-order chi connectivity index (χ1) is 18.0. The van der Waals surface area contributed by atoms with Crippen LogP contribution in [0.3, 0.4) is 0 Å². The van der Waals surface area contributed by atoms with Crippen molar-refractivity contribution in [3.8, 4) is 0 Å². The van der Waals surface area contributed by atoms with Crippen LogP contribution in [0, 0.1) is 0 Å². The summed E-state index contributed by atoms with van der Waals surface area (Å²) in [4.78, 5) is 0. The van der Waals surface area contributed by atoms with Crippen LogP contribution < -0.4 is 0 Å². The summed E-state index contributed by atoms with van der Waals surface area (Å²) >= 11 is 76.4. The Morgan fingerprint density at radius 1 is 0.268 bits per heavy atom. The topological polar surface area (TPSA) is 0 Å². The van der Waals surface area contributed by atoms with Gasteiger partial charge in [0.25, 0.3) is 0 Å². The van der Waals surface area contributed by atoms with Crippen molar-refractivity contribution in [3.63, 3.8) is 0 Å². The summed E-state index contributed by atoms with van der Waals surface area (Å²) in [6, 6.07) is 0. The molecule has 0 nitrogen and oxygen atoms in total. The minimum absolute atomic E-state index is 1.56. The van der Waals surface area contributed by atoms with Crippen molar-refractivity contribution in [1.82, 2.24) is 0 Å². The highest BCUT2D eigenvalue weighted by Crippen LogP contribution is 3.02. The Labute approximate surface area is 296 Å². The predicted molar refractivity (Wildman–Crippen MR) is 237 cm³/mol. The van der Waals surface area contributed by atoms with Crippen molar-refractivity contribution in [1.29, 1.82) is 0 Å². The second-order valence-electron chi connectivity index (χ2n) is 19.3. The maximum absolute atomic E-state index is 9.62. The summed E-state index contributed by atoms with van der Waals surface area (Å²) < 4.78 is 0. The van der Waals surface area contributed by atoms with Gasteiger partial charge >= 0.3 is 0 Å². The molecule has 12 fully saturated rings. The molecule has 0 amide bonds. The van der Waals surface area contributed by atoms with Crippen LogP contribution in [0.2, 0.25) is 84.2 Å². The highest BCUT2D eigenvalue weighted by atomic mass is 35.6. The SMILES string of the molecule is C[Si]12[Si]3(C)[Si]4(Cl)[Si]5(C)[Si]1(Cl)[Si@]1(C)[Si]6(Cl)C[Si]5(C)[Si@]5(Cl)[Si@@]4(C)[Si@@]4(C)[Si]3(Cl)[Si]3(C)[Si]2(Cl)[Si@]1(C)[Si@@]1(Cl)[Si@@]3(C)[Si@]4(Cl)[Si@]5(C)[Si@@]61C. The summed E-state index contributed by atoms with van der Waals surface area (Å²) in [5.74, 6) is -15.8. The van der Waals surface area contributed by atoms with Gasteiger partial charge in [-0.05, 0) is 0 Å². The molecule has 2 bridgehead atoms. The van der Waals surface area contributed by atoms with Crippen LogP contribution in [-0.4, -0.2) is 128 Å². The van der Waals surface area contributed by atoms with Gasteiger partial charge in [-0.1, -0.05) is 84.2 Å². The van der Waals surface area contributed by atoms with E-state index in [0.29, 0.717) is 0 Å². The molecule has 0 aromatic heterocycles. The fourth-order valence-corrected chi connectivity index (χ4v) is 3080. The average Bonchev–Trinajstić information content (AvgIpc) is 3.40. The third-order valence-electron chi connectivity index (χ3n) is 22.8. The summed E-state index contributed by atoms with van der Waals surface area (Å²) in [6.45, 7) is 14.3. The Bertz CT molecular complexity index is 1470. The van der Waals surface area contributed by atoms with Crippen LogP contribution in [0.25, 0.3) is 0 Å². The number of rotatable bonds is 0. The standard InChI is InChI=1S/C13H38Cl8Si20/c1-22-13-34(14)24(3)26(5)35(22,15)28(7)29(8)39(26,19)32(11)33(12)40(20)27(6,38(24,32)18)25(34,4)36(16)23(22,2)37(28,17)31(10,30(36,40)9)41(29,33)21/h13H2,1-12H3/t22?,23?,24-,25-,26+,27-,28+,29+,30?,31?,32-,33?,34?,35-,36?,37?,38-,39+,40?,41?/m0/s1. The second-order valence-corrected chi connectivity index (χ2v) is 337. The lowest BCUT2D eigenvalue weighted by molar-refractivity contribution is 1.81. The van der Waals surface area contributed by atoms with Gasteiger partial charge in [-0.15, -0.1) is 0 Å². The molecule has 12 rings (SSSR count). The largest absolute Gasteiger partial charge is 0.179 e. The molecule has 0 radical (unpaired) electrons. The van der Waals surface area contributed by atoms with Gasteiger partial charge < -0.3 is 0 Å². The van der Waals surface area contributed by atoms with E-state index in [1.807, 2.05) is 0 Å². The van der Waals surface area contributed by atoms with Gasteiger partial charge in [-0.2, -0.15) is 88.6 Å². The van der Waals surface area contributed by atoms with Crippen molar-refractivity contribution in [3.05, 3.63) is 0 Å². The van der Waals surface area contributed by atoms with E-state index < -0.39 is 128 Å². The molecule has 12 heterocycles. The van der Waals surface area contributed by atoms with E-state index in [0.717, 1.165) is 0 Å². The van der Waals surface area contributed by atoms with Gasteiger partial charge in [0.1, 0.15) is 48.0 Å². The zero-order valence-electron chi connectivity index (χ0n) is 25.7. The van der Waals surface area contributed by atoms with Crippen LogP contribution >= 0.6 is 88.6 Å². The van der Waals surface area contributed by atoms with Gasteiger partial charge in [-0.25, -0.2) is 0 Å². The van der Waals surface area contributed by atoms with Gasteiger partial charge in [0.2, 0.25) is 0 Å². The predicted octanol–water partition coefficient (Wildman–Crippen LogP) is 5.37. The molecular formula is C13H38Cl8Si20. The lowest BCUT2D eigenvalue weighted by Gasteiger charge is -2.75. The maximum atomic E-state index is 9.62.